The third-order valence-corrected chi connectivity index (χ3v) is 3.85. The molecule has 2 aromatic carbocycles. The Kier molecular flexibility index (Phi) is 4.00. The van der Waals surface area contributed by atoms with Gasteiger partial charge in [-0.05, 0) is 36.8 Å². The second-order valence-electron chi connectivity index (χ2n) is 5.16. The van der Waals surface area contributed by atoms with E-state index in [-0.39, 0.29) is 18.1 Å². The highest BCUT2D eigenvalue weighted by molar-refractivity contribution is 5.89. The van der Waals surface area contributed by atoms with Crippen LogP contribution in [0.3, 0.4) is 0 Å². The molecular weight excluding hydrogens is 278 g/mol. The van der Waals surface area contributed by atoms with Gasteiger partial charge in [-0.15, -0.1) is 0 Å². The molecule has 3 rings (SSSR count). The fourth-order valence-electron chi connectivity index (χ4n) is 2.77. The van der Waals surface area contributed by atoms with E-state index >= 15 is 0 Å². The van der Waals surface area contributed by atoms with E-state index in [4.69, 9.17) is 9.47 Å². The molecular formula is C18H19NO3. The van der Waals surface area contributed by atoms with Crippen LogP contribution in [-0.4, -0.2) is 25.7 Å². The Morgan fingerprint density at radius 3 is 2.36 bits per heavy atom. The van der Waals surface area contributed by atoms with Crippen molar-refractivity contribution in [2.24, 2.45) is 0 Å². The van der Waals surface area contributed by atoms with E-state index in [1.807, 2.05) is 61.5 Å². The summed E-state index contributed by atoms with van der Waals surface area (Å²) in [5.41, 5.74) is 2.11. The van der Waals surface area contributed by atoms with Crippen LogP contribution in [0.15, 0.2) is 54.6 Å². The lowest BCUT2D eigenvalue weighted by Crippen LogP contribution is -2.15. The number of nitrogens with zero attached hydrogens (tertiary/aromatic N) is 1. The van der Waals surface area contributed by atoms with Gasteiger partial charge in [0.05, 0.1) is 19.8 Å². The minimum atomic E-state index is -0.254. The number of carbonyl (C=O) groups is 1. The summed E-state index contributed by atoms with van der Waals surface area (Å²) in [5, 5.41) is 0. The predicted octanol–water partition coefficient (Wildman–Crippen LogP) is 3.19. The molecule has 0 saturated carbocycles. The molecule has 1 fully saturated rings. The third kappa shape index (κ3) is 2.64. The van der Waals surface area contributed by atoms with E-state index in [0.29, 0.717) is 6.61 Å². The van der Waals surface area contributed by atoms with Crippen LogP contribution in [0.1, 0.15) is 18.5 Å². The number of hydrogen-bond donors (Lipinski definition) is 0. The summed E-state index contributed by atoms with van der Waals surface area (Å²) in [5.74, 6) is 0.627. The average molecular weight is 297 g/mol. The second-order valence-corrected chi connectivity index (χ2v) is 5.16. The Labute approximate surface area is 130 Å². The van der Waals surface area contributed by atoms with Crippen LogP contribution in [0, 0.1) is 0 Å². The molecule has 1 aliphatic rings. The normalized spacial score (nSPS) is 19.6. The Bertz CT molecular complexity index is 639. The Morgan fingerprint density at radius 1 is 1.09 bits per heavy atom. The van der Waals surface area contributed by atoms with Gasteiger partial charge >= 0.3 is 5.97 Å². The number of anilines is 1. The lowest BCUT2D eigenvalue weighted by molar-refractivity contribution is -0.142. The topological polar surface area (TPSA) is 38.5 Å². The first-order chi connectivity index (χ1) is 10.8. The largest absolute Gasteiger partial charge is 0.497 e. The predicted molar refractivity (Wildman–Crippen MR) is 85.1 cm³/mol. The number of rotatable bonds is 5. The second kappa shape index (κ2) is 6.10. The van der Waals surface area contributed by atoms with Crippen molar-refractivity contribution < 1.29 is 14.3 Å². The lowest BCUT2D eigenvalue weighted by Gasteiger charge is -2.07. The first-order valence-corrected chi connectivity index (χ1v) is 7.40. The zero-order valence-corrected chi connectivity index (χ0v) is 12.7. The van der Waals surface area contributed by atoms with Crippen LogP contribution in [0.5, 0.6) is 5.75 Å². The van der Waals surface area contributed by atoms with Crippen molar-refractivity contribution in [2.45, 2.75) is 19.0 Å². The van der Waals surface area contributed by atoms with Crippen molar-refractivity contribution in [1.82, 2.24) is 0 Å². The number of benzene rings is 2. The number of carbonyl (C=O) groups excluding carboxylic acids is 1. The van der Waals surface area contributed by atoms with Crippen LogP contribution in [0.4, 0.5) is 5.69 Å². The summed E-state index contributed by atoms with van der Waals surface area (Å²) in [4.78, 5) is 14.3. The third-order valence-electron chi connectivity index (χ3n) is 3.85. The van der Waals surface area contributed by atoms with Crippen molar-refractivity contribution in [2.75, 3.05) is 18.6 Å². The number of esters is 1. The molecule has 1 aliphatic heterocycles. The van der Waals surface area contributed by atoms with Crippen molar-refractivity contribution in [3.63, 3.8) is 0 Å². The molecule has 0 N–H and O–H groups in total. The van der Waals surface area contributed by atoms with Gasteiger partial charge in [-0.25, -0.2) is 4.79 Å². The molecule has 0 unspecified atom stereocenters. The van der Waals surface area contributed by atoms with Crippen molar-refractivity contribution in [3.8, 4) is 5.75 Å². The highest BCUT2D eigenvalue weighted by Crippen LogP contribution is 2.47. The summed E-state index contributed by atoms with van der Waals surface area (Å²) in [6.07, 6.45) is 0. The molecule has 1 heterocycles. The Morgan fingerprint density at radius 2 is 1.77 bits per heavy atom. The standard InChI is InChI=1S/C18H19NO3/c1-3-22-18(20)17-16(13-7-5-4-6-8-13)19(17)14-9-11-15(21-2)12-10-14/h4-12,16-17H,3H2,1-2H3/t16-,17-,19?/m0/s1. The van der Waals surface area contributed by atoms with Gasteiger partial charge in [0.2, 0.25) is 0 Å². The molecule has 114 valence electrons. The van der Waals surface area contributed by atoms with Crippen LogP contribution < -0.4 is 9.64 Å². The van der Waals surface area contributed by atoms with Gasteiger partial charge in [-0.1, -0.05) is 30.3 Å². The summed E-state index contributed by atoms with van der Waals surface area (Å²) in [6.45, 7) is 2.23. The van der Waals surface area contributed by atoms with E-state index in [1.54, 1.807) is 7.11 Å². The van der Waals surface area contributed by atoms with Gasteiger partial charge < -0.3 is 14.4 Å². The zero-order valence-electron chi connectivity index (χ0n) is 12.7. The van der Waals surface area contributed by atoms with Gasteiger partial charge in [-0.2, -0.15) is 0 Å². The molecule has 0 aromatic heterocycles. The highest BCUT2D eigenvalue weighted by atomic mass is 16.5. The lowest BCUT2D eigenvalue weighted by atomic mass is 10.1. The molecule has 2 aromatic rings. The number of methoxy groups -OCH3 is 1. The van der Waals surface area contributed by atoms with Crippen molar-refractivity contribution in [1.29, 1.82) is 0 Å². The summed E-state index contributed by atoms with van der Waals surface area (Å²) >= 11 is 0. The SMILES string of the molecule is CCOC(=O)[C@@H]1[C@H](c2ccccc2)N1c1ccc(OC)cc1. The average Bonchev–Trinajstić information content (AvgIpc) is 3.32. The molecule has 4 nitrogen and oxygen atoms in total. The van der Waals surface area contributed by atoms with E-state index in [2.05, 4.69) is 4.90 Å². The van der Waals surface area contributed by atoms with E-state index in [9.17, 15) is 4.79 Å². The molecule has 4 heteroatoms. The van der Waals surface area contributed by atoms with Crippen LogP contribution in [-0.2, 0) is 9.53 Å². The van der Waals surface area contributed by atoms with Crippen LogP contribution in [0.25, 0.3) is 0 Å². The van der Waals surface area contributed by atoms with E-state index < -0.39 is 0 Å². The van der Waals surface area contributed by atoms with Crippen LogP contribution >= 0.6 is 0 Å². The Hall–Kier alpha value is -2.49. The number of ether oxygens (including phenoxy) is 2. The first-order valence-electron chi connectivity index (χ1n) is 7.40. The van der Waals surface area contributed by atoms with Crippen molar-refractivity contribution in [3.05, 3.63) is 60.2 Å². The zero-order chi connectivity index (χ0) is 15.5. The smallest absolute Gasteiger partial charge is 0.331 e. The fraction of sp³-hybridized carbons (Fsp3) is 0.278. The molecule has 0 bridgehead atoms. The number of hydrogen-bond acceptors (Lipinski definition) is 4. The minimum absolute atomic E-state index is 0.0358. The van der Waals surface area contributed by atoms with E-state index in [1.165, 1.54) is 0 Å². The molecule has 22 heavy (non-hydrogen) atoms. The monoisotopic (exact) mass is 297 g/mol. The maximum atomic E-state index is 12.2. The molecule has 2 atom stereocenters. The van der Waals surface area contributed by atoms with Crippen molar-refractivity contribution >= 4 is 11.7 Å². The first kappa shape index (κ1) is 14.4. The fourth-order valence-corrected chi connectivity index (χ4v) is 2.77. The summed E-state index contributed by atoms with van der Waals surface area (Å²) < 4.78 is 10.4. The maximum Gasteiger partial charge on any atom is 0.331 e. The molecule has 0 aliphatic carbocycles. The molecule has 1 saturated heterocycles. The van der Waals surface area contributed by atoms with Gasteiger partial charge in [0.15, 0.2) is 6.04 Å². The van der Waals surface area contributed by atoms with Crippen LogP contribution in [0.2, 0.25) is 0 Å². The maximum absolute atomic E-state index is 12.2. The van der Waals surface area contributed by atoms with E-state index in [0.717, 1.165) is 17.0 Å². The van der Waals surface area contributed by atoms with Gasteiger partial charge in [0.25, 0.3) is 0 Å². The highest BCUT2D eigenvalue weighted by Gasteiger charge is 2.54. The molecule has 0 spiro atoms. The van der Waals surface area contributed by atoms with Gasteiger partial charge in [-0.3, -0.25) is 0 Å². The molecule has 0 amide bonds. The summed E-state index contributed by atoms with van der Waals surface area (Å²) in [7, 11) is 1.64. The van der Waals surface area contributed by atoms with Gasteiger partial charge in [0, 0.05) is 5.69 Å². The quantitative estimate of drug-likeness (QED) is 0.627. The minimum Gasteiger partial charge on any atom is -0.497 e. The Balaban J connectivity index is 1.88. The summed E-state index contributed by atoms with van der Waals surface area (Å²) in [6, 6.07) is 17.6. The molecule has 0 radical (unpaired) electrons. The van der Waals surface area contributed by atoms with Gasteiger partial charge in [0.1, 0.15) is 5.75 Å².